The summed E-state index contributed by atoms with van der Waals surface area (Å²) in [5.74, 6) is -0.399. The lowest BCUT2D eigenvalue weighted by Gasteiger charge is -2.05. The van der Waals surface area contributed by atoms with Crippen LogP contribution in [0.1, 0.15) is 20.3 Å². The molecule has 0 unspecified atom stereocenters. The van der Waals surface area contributed by atoms with Crippen molar-refractivity contribution in [2.24, 2.45) is 0 Å². The molecular formula is C10H16O3. The molecule has 0 aliphatic heterocycles. The van der Waals surface area contributed by atoms with E-state index in [0.717, 1.165) is 5.57 Å². The minimum Gasteiger partial charge on any atom is -0.435 e. The van der Waals surface area contributed by atoms with Crippen molar-refractivity contribution < 1.29 is 14.3 Å². The van der Waals surface area contributed by atoms with Crippen LogP contribution in [0, 0.1) is 0 Å². The molecule has 0 N–H and O–H groups in total. The Bertz CT molecular complexity index is 206. The molecule has 0 saturated carbocycles. The summed E-state index contributed by atoms with van der Waals surface area (Å²) in [6.07, 6.45) is 0.597. The monoisotopic (exact) mass is 184 g/mol. The summed E-state index contributed by atoms with van der Waals surface area (Å²) in [7, 11) is 0. The number of hydrogen-bond donors (Lipinski definition) is 0. The maximum Gasteiger partial charge on any atom is 0.335 e. The highest BCUT2D eigenvalue weighted by atomic mass is 16.7. The minimum absolute atomic E-state index is 0.0370. The van der Waals surface area contributed by atoms with E-state index in [9.17, 15) is 4.79 Å². The fourth-order valence-corrected chi connectivity index (χ4v) is 0.557. The lowest BCUT2D eigenvalue weighted by molar-refractivity contribution is -0.150. The van der Waals surface area contributed by atoms with Gasteiger partial charge in [-0.05, 0) is 13.3 Å². The van der Waals surface area contributed by atoms with Crippen molar-refractivity contribution in [2.45, 2.75) is 20.3 Å². The van der Waals surface area contributed by atoms with Gasteiger partial charge >= 0.3 is 5.97 Å². The molecule has 0 spiro atoms. The molecule has 0 rings (SSSR count). The molecule has 13 heavy (non-hydrogen) atoms. The van der Waals surface area contributed by atoms with Crippen LogP contribution in [-0.2, 0) is 14.3 Å². The predicted molar refractivity (Wildman–Crippen MR) is 51.2 cm³/mol. The number of hydrogen-bond acceptors (Lipinski definition) is 3. The molecule has 0 aromatic rings. The third-order valence-corrected chi connectivity index (χ3v) is 1.34. The molecule has 74 valence electrons. The summed E-state index contributed by atoms with van der Waals surface area (Å²) < 4.78 is 9.72. The average Bonchev–Trinajstić information content (AvgIpc) is 2.10. The Morgan fingerprint density at radius 3 is 2.46 bits per heavy atom. The van der Waals surface area contributed by atoms with Gasteiger partial charge in [-0.25, -0.2) is 4.79 Å². The lowest BCUT2D eigenvalue weighted by atomic mass is 10.2. The number of esters is 1. The molecule has 0 aliphatic rings. The zero-order chi connectivity index (χ0) is 10.3. The van der Waals surface area contributed by atoms with Gasteiger partial charge in [-0.1, -0.05) is 25.7 Å². The zero-order valence-electron chi connectivity index (χ0n) is 8.26. The van der Waals surface area contributed by atoms with Crippen LogP contribution >= 0.6 is 0 Å². The van der Waals surface area contributed by atoms with Gasteiger partial charge in [0.1, 0.15) is 0 Å². The Balaban J connectivity index is 3.48. The van der Waals surface area contributed by atoms with Gasteiger partial charge in [0.15, 0.2) is 6.79 Å². The summed E-state index contributed by atoms with van der Waals surface area (Å²) in [6, 6.07) is 0. The van der Waals surface area contributed by atoms with Crippen molar-refractivity contribution in [3.63, 3.8) is 0 Å². The summed E-state index contributed by atoms with van der Waals surface area (Å²) >= 11 is 0. The molecule has 0 fully saturated rings. The van der Waals surface area contributed by atoms with E-state index >= 15 is 0 Å². The molecule has 0 saturated heterocycles. The quantitative estimate of drug-likeness (QED) is 0.208. The predicted octanol–water partition coefficient (Wildman–Crippen LogP) is 2.05. The van der Waals surface area contributed by atoms with E-state index in [2.05, 4.69) is 13.2 Å². The molecule has 0 radical (unpaired) electrons. The largest absolute Gasteiger partial charge is 0.435 e. The van der Waals surface area contributed by atoms with E-state index in [1.165, 1.54) is 0 Å². The topological polar surface area (TPSA) is 35.5 Å². The second-order valence-corrected chi connectivity index (χ2v) is 2.81. The normalized spacial score (nSPS) is 9.38. The van der Waals surface area contributed by atoms with Crippen LogP contribution in [0.15, 0.2) is 24.3 Å². The van der Waals surface area contributed by atoms with Crippen LogP contribution in [0.25, 0.3) is 0 Å². The van der Waals surface area contributed by atoms with Gasteiger partial charge in [-0.15, -0.1) is 0 Å². The van der Waals surface area contributed by atoms with Crippen molar-refractivity contribution in [1.82, 2.24) is 0 Å². The average molecular weight is 184 g/mol. The van der Waals surface area contributed by atoms with Gasteiger partial charge in [0.25, 0.3) is 0 Å². The van der Waals surface area contributed by atoms with E-state index in [1.807, 2.05) is 13.8 Å². The fourth-order valence-electron chi connectivity index (χ4n) is 0.557. The first-order chi connectivity index (χ1) is 6.07. The molecule has 0 aromatic carbocycles. The molecule has 0 bridgehead atoms. The van der Waals surface area contributed by atoms with Gasteiger partial charge in [-0.3, -0.25) is 0 Å². The molecule has 0 aliphatic carbocycles. The van der Waals surface area contributed by atoms with Gasteiger partial charge in [0.05, 0.1) is 6.61 Å². The van der Waals surface area contributed by atoms with Crippen molar-refractivity contribution >= 4 is 5.97 Å². The Morgan fingerprint density at radius 2 is 2.00 bits per heavy atom. The Morgan fingerprint density at radius 1 is 1.38 bits per heavy atom. The molecule has 3 nitrogen and oxygen atoms in total. The van der Waals surface area contributed by atoms with Crippen molar-refractivity contribution in [2.75, 3.05) is 13.4 Å². The minimum atomic E-state index is -0.399. The van der Waals surface area contributed by atoms with E-state index in [0.29, 0.717) is 18.6 Å². The second kappa shape index (κ2) is 6.43. The first kappa shape index (κ1) is 11.9. The van der Waals surface area contributed by atoms with Crippen LogP contribution in [-0.4, -0.2) is 19.4 Å². The Kier molecular flexibility index (Phi) is 5.89. The third-order valence-electron chi connectivity index (χ3n) is 1.34. The van der Waals surface area contributed by atoms with Crippen LogP contribution in [0.2, 0.25) is 0 Å². The van der Waals surface area contributed by atoms with Gasteiger partial charge in [0, 0.05) is 5.57 Å². The van der Waals surface area contributed by atoms with Crippen LogP contribution < -0.4 is 0 Å². The first-order valence-electron chi connectivity index (χ1n) is 4.15. The molecule has 0 atom stereocenters. The lowest BCUT2D eigenvalue weighted by Crippen LogP contribution is -2.10. The van der Waals surface area contributed by atoms with Crippen LogP contribution in [0.3, 0.4) is 0 Å². The number of carbonyl (C=O) groups excluding carboxylic acids is 1. The van der Waals surface area contributed by atoms with Crippen molar-refractivity contribution in [3.8, 4) is 0 Å². The molecule has 3 heteroatoms. The smallest absolute Gasteiger partial charge is 0.335 e. The molecule has 0 heterocycles. The highest BCUT2D eigenvalue weighted by Gasteiger charge is 2.04. The number of carbonyl (C=O) groups is 1. The van der Waals surface area contributed by atoms with Crippen molar-refractivity contribution in [3.05, 3.63) is 24.3 Å². The molecular weight excluding hydrogens is 168 g/mol. The first-order valence-corrected chi connectivity index (χ1v) is 4.15. The van der Waals surface area contributed by atoms with E-state index in [1.54, 1.807) is 0 Å². The van der Waals surface area contributed by atoms with E-state index in [4.69, 9.17) is 9.47 Å². The molecule has 0 aromatic heterocycles. The van der Waals surface area contributed by atoms with Gasteiger partial charge in [-0.2, -0.15) is 0 Å². The maximum atomic E-state index is 11.0. The molecule has 0 amide bonds. The SMILES string of the molecule is C=C(C)COCOC(=O)C(=C)CC. The number of ether oxygens (including phenoxy) is 2. The van der Waals surface area contributed by atoms with Gasteiger partial charge < -0.3 is 9.47 Å². The van der Waals surface area contributed by atoms with Crippen LogP contribution in [0.4, 0.5) is 0 Å². The summed E-state index contributed by atoms with van der Waals surface area (Å²) in [5.41, 5.74) is 1.35. The highest BCUT2D eigenvalue weighted by Crippen LogP contribution is 1.99. The third kappa shape index (κ3) is 6.11. The summed E-state index contributed by atoms with van der Waals surface area (Å²) in [5, 5.41) is 0. The highest BCUT2D eigenvalue weighted by molar-refractivity contribution is 5.87. The zero-order valence-corrected chi connectivity index (χ0v) is 8.26. The Hall–Kier alpha value is -1.09. The Labute approximate surface area is 79.0 Å². The second-order valence-electron chi connectivity index (χ2n) is 2.81. The number of rotatable bonds is 6. The summed E-state index contributed by atoms with van der Waals surface area (Å²) in [4.78, 5) is 11.0. The van der Waals surface area contributed by atoms with E-state index in [-0.39, 0.29) is 6.79 Å². The van der Waals surface area contributed by atoms with Gasteiger partial charge in [0.2, 0.25) is 0 Å². The fraction of sp³-hybridized carbons (Fsp3) is 0.500. The summed E-state index contributed by atoms with van der Waals surface area (Å²) in [6.45, 7) is 11.2. The maximum absolute atomic E-state index is 11.0. The van der Waals surface area contributed by atoms with Crippen molar-refractivity contribution in [1.29, 1.82) is 0 Å². The van der Waals surface area contributed by atoms with E-state index < -0.39 is 5.97 Å². The standard InChI is InChI=1S/C10H16O3/c1-5-9(4)10(11)13-7-12-6-8(2)3/h2,4-7H2,1,3H3. The van der Waals surface area contributed by atoms with Crippen LogP contribution in [0.5, 0.6) is 0 Å².